The van der Waals surface area contributed by atoms with E-state index < -0.39 is 21.7 Å². The van der Waals surface area contributed by atoms with Gasteiger partial charge in [-0.05, 0) is 25.6 Å². The van der Waals surface area contributed by atoms with Crippen molar-refractivity contribution in [2.24, 2.45) is 0 Å². The van der Waals surface area contributed by atoms with Gasteiger partial charge in [0.05, 0.1) is 72.2 Å². The van der Waals surface area contributed by atoms with Gasteiger partial charge in [0.25, 0.3) is 0 Å². The highest BCUT2D eigenvalue weighted by Gasteiger charge is 2.24. The van der Waals surface area contributed by atoms with Gasteiger partial charge in [-0.3, -0.25) is 29.9 Å². The lowest BCUT2D eigenvalue weighted by molar-refractivity contribution is -0.128. The zero-order valence-electron chi connectivity index (χ0n) is 17.6. The molecule has 0 spiro atoms. The molecule has 0 saturated heterocycles. The first-order chi connectivity index (χ1) is 12.9. The van der Waals surface area contributed by atoms with Crippen LogP contribution in [0.5, 0.6) is 0 Å². The van der Waals surface area contributed by atoms with E-state index >= 15 is 0 Å². The molecule has 0 atom stereocenters. The Labute approximate surface area is 169 Å². The van der Waals surface area contributed by atoms with Crippen LogP contribution >= 0.6 is 21.7 Å². The van der Waals surface area contributed by atoms with Crippen molar-refractivity contribution in [2.45, 2.75) is 32.0 Å². The smallest absolute Gasteiger partial charge is 0.213 e. The normalized spacial score (nSPS) is 13.6. The Kier molecular flexibility index (Phi) is 14.9. The second-order valence-corrected chi connectivity index (χ2v) is 10.6. The topological polar surface area (TPSA) is 75.7 Å². The number of nitrogens with zero attached hydrogens (tertiary/aromatic N) is 1. The quantitative estimate of drug-likeness (QED) is 0.260. The van der Waals surface area contributed by atoms with Crippen LogP contribution in [-0.2, 0) is 29.9 Å². The molecule has 0 rings (SSSR count). The first kappa shape index (κ1) is 27.0. The summed E-state index contributed by atoms with van der Waals surface area (Å²) >= 11 is 0. The molecule has 0 aromatic carbocycles. The van der Waals surface area contributed by atoms with Crippen molar-refractivity contribution in [2.75, 3.05) is 67.3 Å². The monoisotopic (exact) mass is 429 g/mol. The molecule has 0 aromatic rings. The van der Waals surface area contributed by atoms with E-state index in [1.807, 2.05) is 0 Å². The minimum Gasteiger partial charge on any atom is -0.343 e. The van der Waals surface area contributed by atoms with Crippen LogP contribution in [0.3, 0.4) is 0 Å². The van der Waals surface area contributed by atoms with E-state index in [0.717, 1.165) is 19.3 Å². The van der Waals surface area contributed by atoms with Crippen molar-refractivity contribution in [3.05, 3.63) is 0 Å². The number of amides is 1. The van der Waals surface area contributed by atoms with Crippen LogP contribution < -0.4 is 0 Å². The molecule has 0 aliphatic heterocycles. The molecular weight excluding hydrogens is 393 g/mol. The Balaban J connectivity index is 4.38. The van der Waals surface area contributed by atoms with E-state index in [-0.39, 0.29) is 12.2 Å². The molecule has 0 bridgehead atoms. The number of unbranched alkanes of at least 4 members (excludes halogenated alkanes) is 2. The maximum Gasteiger partial charge on any atom is 0.213 e. The largest absolute Gasteiger partial charge is 0.343 e. The molecule has 8 nitrogen and oxygen atoms in total. The zero-order valence-corrected chi connectivity index (χ0v) is 19.2. The molecule has 0 saturated carbocycles. The summed E-state index contributed by atoms with van der Waals surface area (Å²) in [5, 5.41) is 0. The third kappa shape index (κ3) is 9.36. The zero-order chi connectivity index (χ0) is 20.8. The van der Waals surface area contributed by atoms with Gasteiger partial charge >= 0.3 is 0 Å². The molecule has 0 aliphatic carbocycles. The highest BCUT2D eigenvalue weighted by atomic mass is 32.3. The van der Waals surface area contributed by atoms with Crippen LogP contribution in [0.2, 0.25) is 6.32 Å². The molecule has 2 radical (unpaired) electrons. The lowest BCUT2D eigenvalue weighted by atomic mass is 10.0. The first-order valence-corrected chi connectivity index (χ1v) is 12.0. The number of carbonyl (C=O) groups excluding carboxylic acids is 1. The van der Waals surface area contributed by atoms with Crippen molar-refractivity contribution in [3.8, 4) is 0 Å². The summed E-state index contributed by atoms with van der Waals surface area (Å²) in [4.78, 5) is 13.9. The van der Waals surface area contributed by atoms with Gasteiger partial charge in [-0.25, -0.2) is 0 Å². The molecule has 0 aromatic heterocycles. The maximum atomic E-state index is 12.1. The van der Waals surface area contributed by atoms with Crippen molar-refractivity contribution >= 4 is 35.5 Å². The Bertz CT molecular complexity index is 382. The molecule has 27 heavy (non-hydrogen) atoms. The summed E-state index contributed by atoms with van der Waals surface area (Å²) in [6.45, 7) is 1.24. The SMILES string of the molecule is [B]CC(=O)N(CCCCCS(OC)(OC)OC)CCCS(OC)(OC)OC. The van der Waals surface area contributed by atoms with Gasteiger partial charge in [0.15, 0.2) is 0 Å². The highest BCUT2D eigenvalue weighted by Crippen LogP contribution is 2.50. The minimum absolute atomic E-state index is 0.00111. The van der Waals surface area contributed by atoms with Gasteiger partial charge in [0.1, 0.15) is 0 Å². The van der Waals surface area contributed by atoms with E-state index in [0.29, 0.717) is 31.0 Å². The third-order valence-corrected chi connectivity index (χ3v) is 8.82. The van der Waals surface area contributed by atoms with Crippen LogP contribution in [-0.4, -0.2) is 85.9 Å². The molecule has 162 valence electrons. The summed E-state index contributed by atoms with van der Waals surface area (Å²) in [7, 11) is 11.1. The van der Waals surface area contributed by atoms with Crippen LogP contribution in [0.15, 0.2) is 0 Å². The Morgan fingerprint density at radius 3 is 1.52 bits per heavy atom. The van der Waals surface area contributed by atoms with Crippen molar-refractivity contribution in [3.63, 3.8) is 0 Å². The van der Waals surface area contributed by atoms with E-state index in [2.05, 4.69) is 0 Å². The number of rotatable bonds is 17. The summed E-state index contributed by atoms with van der Waals surface area (Å²) in [5.41, 5.74) is 0. The average Bonchev–Trinajstić information content (AvgIpc) is 2.72. The van der Waals surface area contributed by atoms with Crippen LogP contribution in [0.1, 0.15) is 25.7 Å². The van der Waals surface area contributed by atoms with E-state index in [9.17, 15) is 4.79 Å². The predicted molar refractivity (Wildman–Crippen MR) is 113 cm³/mol. The van der Waals surface area contributed by atoms with E-state index in [4.69, 9.17) is 32.9 Å². The van der Waals surface area contributed by atoms with Crippen molar-refractivity contribution in [1.29, 1.82) is 0 Å². The van der Waals surface area contributed by atoms with Gasteiger partial charge in [0, 0.05) is 24.6 Å². The fraction of sp³-hybridized carbons (Fsp3) is 0.938. The average molecular weight is 429 g/mol. The lowest BCUT2D eigenvalue weighted by Crippen LogP contribution is -2.33. The number of hydrogen-bond donors (Lipinski definition) is 0. The molecule has 0 N–H and O–H groups in total. The minimum atomic E-state index is -2.00. The molecule has 0 unspecified atom stereocenters. The first-order valence-electron chi connectivity index (χ1n) is 8.85. The second-order valence-electron chi connectivity index (χ2n) is 5.52. The predicted octanol–water partition coefficient (Wildman–Crippen LogP) is 2.94. The van der Waals surface area contributed by atoms with Gasteiger partial charge in [-0.15, -0.1) is 0 Å². The number of hydrogen-bond acceptors (Lipinski definition) is 7. The van der Waals surface area contributed by atoms with Crippen molar-refractivity contribution < 1.29 is 29.9 Å². The maximum absolute atomic E-state index is 12.1. The van der Waals surface area contributed by atoms with Gasteiger partial charge < -0.3 is 4.90 Å². The lowest BCUT2D eigenvalue weighted by Gasteiger charge is -2.34. The Hall–Kier alpha value is -0.00506. The molecule has 1 amide bonds. The van der Waals surface area contributed by atoms with Gasteiger partial charge in [0.2, 0.25) is 5.91 Å². The molecule has 0 aliphatic rings. The molecule has 0 heterocycles. The number of carbonyl (C=O) groups is 1. The summed E-state index contributed by atoms with van der Waals surface area (Å²) in [6.07, 6.45) is 3.40. The molecule has 11 heteroatoms. The van der Waals surface area contributed by atoms with Crippen molar-refractivity contribution in [1.82, 2.24) is 4.90 Å². The summed E-state index contributed by atoms with van der Waals surface area (Å²) < 4.78 is 32.2. The highest BCUT2D eigenvalue weighted by molar-refractivity contribution is 8.22. The van der Waals surface area contributed by atoms with E-state index in [1.54, 1.807) is 47.6 Å². The summed E-state index contributed by atoms with van der Waals surface area (Å²) in [6, 6.07) is 0. The Morgan fingerprint density at radius 2 is 1.11 bits per heavy atom. The fourth-order valence-corrected chi connectivity index (χ4v) is 5.45. The van der Waals surface area contributed by atoms with Crippen LogP contribution in [0.4, 0.5) is 0 Å². The van der Waals surface area contributed by atoms with Crippen LogP contribution in [0, 0.1) is 0 Å². The third-order valence-electron chi connectivity index (χ3n) is 4.20. The van der Waals surface area contributed by atoms with Crippen LogP contribution in [0.25, 0.3) is 0 Å². The second kappa shape index (κ2) is 14.9. The van der Waals surface area contributed by atoms with Gasteiger partial charge in [-0.2, -0.15) is 0 Å². The van der Waals surface area contributed by atoms with Gasteiger partial charge in [-0.1, -0.05) is 6.42 Å². The summed E-state index contributed by atoms with van der Waals surface area (Å²) in [5.74, 6) is 1.23. The molecule has 0 fully saturated rings. The standard InChI is InChI=1S/C16H36BNO7S2/c1-20-26(21-2,22-3)13-9-7-8-11-18(16(19)15-17)12-10-14-27(23-4,24-5)25-6/h7-15H2,1-6H3. The molecular formula is C16H36BNO7S2. The fourth-order valence-electron chi connectivity index (χ4n) is 2.59. The Morgan fingerprint density at radius 1 is 0.704 bits per heavy atom. The van der Waals surface area contributed by atoms with E-state index in [1.165, 1.54) is 0 Å².